The molecular weight excluding hydrogens is 574 g/mol. The minimum absolute atomic E-state index is 0.100. The first kappa shape index (κ1) is 28.5. The summed E-state index contributed by atoms with van der Waals surface area (Å²) in [6, 6.07) is 46.3. The van der Waals surface area contributed by atoms with E-state index in [1.165, 1.54) is 16.8 Å². The average Bonchev–Trinajstić information content (AvgIpc) is 3.45. The summed E-state index contributed by atoms with van der Waals surface area (Å²) in [6.07, 6.45) is 8.59. The Balaban J connectivity index is 1.34. The Hall–Kier alpha value is -5.94. The van der Waals surface area contributed by atoms with Crippen molar-refractivity contribution in [3.63, 3.8) is 0 Å². The van der Waals surface area contributed by atoms with Crippen molar-refractivity contribution in [3.8, 4) is 11.1 Å². The molecule has 2 heterocycles. The first-order chi connectivity index (χ1) is 23.2. The zero-order chi connectivity index (χ0) is 31.7. The van der Waals surface area contributed by atoms with Gasteiger partial charge < -0.3 is 5.73 Å². The van der Waals surface area contributed by atoms with Crippen molar-refractivity contribution >= 4 is 45.6 Å². The molecule has 1 aliphatic carbocycles. The monoisotopic (exact) mass is 609 g/mol. The zero-order valence-corrected chi connectivity index (χ0v) is 26.3. The molecule has 0 bridgehead atoms. The first-order valence-electron chi connectivity index (χ1n) is 16.2. The molecule has 5 heteroatoms. The fourth-order valence-corrected chi connectivity index (χ4v) is 6.74. The van der Waals surface area contributed by atoms with Gasteiger partial charge in [-0.3, -0.25) is 4.57 Å². The predicted molar refractivity (Wildman–Crippen MR) is 196 cm³/mol. The molecule has 0 saturated heterocycles. The summed E-state index contributed by atoms with van der Waals surface area (Å²) < 4.78 is 2.28. The van der Waals surface area contributed by atoms with Crippen LogP contribution in [-0.2, 0) is 0 Å². The molecule has 2 aliphatic rings. The van der Waals surface area contributed by atoms with Gasteiger partial charge in [-0.1, -0.05) is 134 Å². The quantitative estimate of drug-likeness (QED) is 0.156. The van der Waals surface area contributed by atoms with Gasteiger partial charge in [0.25, 0.3) is 0 Å². The highest BCUT2D eigenvalue weighted by Crippen LogP contribution is 2.45. The van der Waals surface area contributed by atoms with Crippen LogP contribution in [0.3, 0.4) is 0 Å². The van der Waals surface area contributed by atoms with E-state index in [4.69, 9.17) is 15.7 Å². The molecule has 1 atom stereocenters. The lowest BCUT2D eigenvalue weighted by Crippen LogP contribution is -2.35. The molecule has 0 fully saturated rings. The van der Waals surface area contributed by atoms with Gasteiger partial charge in [-0.05, 0) is 53.8 Å². The van der Waals surface area contributed by atoms with Crippen LogP contribution in [0.2, 0.25) is 0 Å². The van der Waals surface area contributed by atoms with Crippen molar-refractivity contribution in [1.82, 2.24) is 9.55 Å². The molecule has 6 aromatic rings. The summed E-state index contributed by atoms with van der Waals surface area (Å²) in [5, 5.41) is 0. The van der Waals surface area contributed by atoms with Gasteiger partial charge in [0, 0.05) is 28.3 Å². The number of nitrogens with zero attached hydrogens (tertiary/aromatic N) is 4. The smallest absolute Gasteiger partial charge is 0.222 e. The van der Waals surface area contributed by atoms with Gasteiger partial charge in [0.05, 0.1) is 22.4 Å². The number of allylic oxidation sites excluding steroid dienone is 5. The van der Waals surface area contributed by atoms with Crippen LogP contribution in [0.25, 0.3) is 39.1 Å². The summed E-state index contributed by atoms with van der Waals surface area (Å²) in [7, 11) is 0. The number of nitrogens with two attached hydrogens (primary N) is 1. The summed E-state index contributed by atoms with van der Waals surface area (Å²) >= 11 is 0. The van der Waals surface area contributed by atoms with E-state index in [0.717, 1.165) is 63.5 Å². The SMILES string of the molecule is CC(/C=C(\N=C(N)N1c2ccccc2C2=C(CCC=C2)n2c1nc1ccccc12)c1cccc(-c2ccccc2)c1)c1ccccc1. The topological polar surface area (TPSA) is 59.4 Å². The van der Waals surface area contributed by atoms with Gasteiger partial charge in [0.1, 0.15) is 0 Å². The standard InChI is InChI=1S/C42H35N5/c1-29(30-15-4-2-5-16-30)27-37(33-20-14-19-32(28-33)31-17-6-3-7-18-31)44-41(43)47-39-25-12-9-22-35(39)34-21-8-11-24-38(34)46-40-26-13-10-23-36(40)45-42(46)47/h2-10,12-23,25-29H,11,24H2,1H3,(H2,43,44)/b37-27-. The number of anilines is 2. The molecule has 47 heavy (non-hydrogen) atoms. The van der Waals surface area contributed by atoms with E-state index >= 15 is 0 Å². The van der Waals surface area contributed by atoms with Crippen LogP contribution in [0.15, 0.2) is 157 Å². The predicted octanol–water partition coefficient (Wildman–Crippen LogP) is 10.0. The molecule has 1 aromatic heterocycles. The molecule has 0 spiro atoms. The Morgan fingerprint density at radius 3 is 2.38 bits per heavy atom. The van der Waals surface area contributed by atoms with Crippen LogP contribution < -0.4 is 10.6 Å². The number of aliphatic imine (C=N–C) groups is 1. The van der Waals surface area contributed by atoms with Crippen molar-refractivity contribution in [1.29, 1.82) is 0 Å². The van der Waals surface area contributed by atoms with Crippen molar-refractivity contribution < 1.29 is 0 Å². The summed E-state index contributed by atoms with van der Waals surface area (Å²) in [6.45, 7) is 2.20. The molecule has 228 valence electrons. The van der Waals surface area contributed by atoms with Crippen molar-refractivity contribution in [3.05, 3.63) is 168 Å². The van der Waals surface area contributed by atoms with Gasteiger partial charge in [0.2, 0.25) is 11.9 Å². The van der Waals surface area contributed by atoms with E-state index < -0.39 is 0 Å². The molecule has 1 unspecified atom stereocenters. The maximum Gasteiger partial charge on any atom is 0.222 e. The molecule has 1 aliphatic heterocycles. The van der Waals surface area contributed by atoms with E-state index in [-0.39, 0.29) is 5.92 Å². The maximum absolute atomic E-state index is 7.21. The average molecular weight is 610 g/mol. The minimum atomic E-state index is 0.100. The number of rotatable bonds is 5. The van der Waals surface area contributed by atoms with Gasteiger partial charge in [0.15, 0.2) is 0 Å². The number of para-hydroxylation sites is 3. The fourth-order valence-electron chi connectivity index (χ4n) is 6.74. The second-order valence-corrected chi connectivity index (χ2v) is 12.1. The van der Waals surface area contributed by atoms with Gasteiger partial charge in [-0.25, -0.2) is 14.9 Å². The summed E-state index contributed by atoms with van der Waals surface area (Å²) in [5.74, 6) is 1.20. The fraction of sp³-hybridized carbons (Fsp3) is 0.0952. The van der Waals surface area contributed by atoms with E-state index in [2.05, 4.69) is 145 Å². The second-order valence-electron chi connectivity index (χ2n) is 12.1. The van der Waals surface area contributed by atoms with Crippen LogP contribution in [0.1, 0.15) is 42.4 Å². The summed E-state index contributed by atoms with van der Waals surface area (Å²) in [5.41, 5.74) is 19.0. The molecule has 8 rings (SSSR count). The van der Waals surface area contributed by atoms with Crippen molar-refractivity contribution in [2.45, 2.75) is 25.7 Å². The van der Waals surface area contributed by atoms with Crippen molar-refractivity contribution in [2.75, 3.05) is 4.90 Å². The largest absolute Gasteiger partial charge is 0.369 e. The molecule has 0 amide bonds. The van der Waals surface area contributed by atoms with Crippen LogP contribution in [-0.4, -0.2) is 15.5 Å². The van der Waals surface area contributed by atoms with Gasteiger partial charge in [-0.15, -0.1) is 0 Å². The lowest BCUT2D eigenvalue weighted by Gasteiger charge is -2.24. The molecule has 0 radical (unpaired) electrons. The lowest BCUT2D eigenvalue weighted by atomic mass is 9.95. The second kappa shape index (κ2) is 12.1. The molecule has 5 aromatic carbocycles. The number of imidazole rings is 1. The Morgan fingerprint density at radius 1 is 0.809 bits per heavy atom. The molecule has 5 nitrogen and oxygen atoms in total. The van der Waals surface area contributed by atoms with Crippen LogP contribution in [0.4, 0.5) is 11.6 Å². The number of hydrogen-bond acceptors (Lipinski definition) is 2. The number of benzene rings is 5. The number of hydrogen-bond donors (Lipinski definition) is 1. The molecular formula is C42H35N5. The van der Waals surface area contributed by atoms with Gasteiger partial charge >= 0.3 is 0 Å². The number of fused-ring (bicyclic) bond motifs is 6. The Morgan fingerprint density at radius 2 is 1.53 bits per heavy atom. The first-order valence-corrected chi connectivity index (χ1v) is 16.2. The lowest BCUT2D eigenvalue weighted by molar-refractivity contribution is 0.956. The third-order valence-corrected chi connectivity index (χ3v) is 9.05. The van der Waals surface area contributed by atoms with E-state index in [1.807, 2.05) is 23.1 Å². The maximum atomic E-state index is 7.21. The van der Waals surface area contributed by atoms with Crippen molar-refractivity contribution in [2.24, 2.45) is 10.7 Å². The van der Waals surface area contributed by atoms with E-state index in [0.29, 0.717) is 5.96 Å². The van der Waals surface area contributed by atoms with Crippen LogP contribution in [0.5, 0.6) is 0 Å². The number of aromatic nitrogens is 2. The van der Waals surface area contributed by atoms with Gasteiger partial charge in [-0.2, -0.15) is 0 Å². The Kier molecular flexibility index (Phi) is 7.35. The Bertz CT molecular complexity index is 2220. The van der Waals surface area contributed by atoms with E-state index in [1.54, 1.807) is 0 Å². The highest BCUT2D eigenvalue weighted by Gasteiger charge is 2.31. The molecule has 0 saturated carbocycles. The van der Waals surface area contributed by atoms with E-state index in [9.17, 15) is 0 Å². The normalized spacial score (nSPS) is 15.2. The number of guanidine groups is 1. The zero-order valence-electron chi connectivity index (χ0n) is 26.3. The highest BCUT2D eigenvalue weighted by atomic mass is 15.4. The Labute approximate surface area is 275 Å². The van der Waals surface area contributed by atoms with Crippen LogP contribution in [0, 0.1) is 0 Å². The third-order valence-electron chi connectivity index (χ3n) is 9.05. The highest BCUT2D eigenvalue weighted by molar-refractivity contribution is 6.11. The minimum Gasteiger partial charge on any atom is -0.369 e. The third kappa shape index (κ3) is 5.26. The van der Waals surface area contributed by atoms with Crippen LogP contribution >= 0.6 is 0 Å². The molecule has 2 N–H and O–H groups in total. The summed E-state index contributed by atoms with van der Waals surface area (Å²) in [4.78, 5) is 12.5.